The molecule has 0 aliphatic carbocycles. The Morgan fingerprint density at radius 3 is 2.43 bits per heavy atom. The van der Waals surface area contributed by atoms with E-state index in [0.717, 1.165) is 23.1 Å². The molecule has 7 nitrogen and oxygen atoms in total. The second-order valence-electron chi connectivity index (χ2n) is 7.23. The van der Waals surface area contributed by atoms with Crippen LogP contribution in [0.2, 0.25) is 0 Å². The van der Waals surface area contributed by atoms with Gasteiger partial charge in [-0.1, -0.05) is 18.2 Å². The number of anilines is 1. The van der Waals surface area contributed by atoms with Gasteiger partial charge in [0.1, 0.15) is 22.4 Å². The van der Waals surface area contributed by atoms with E-state index in [1.165, 1.54) is 6.07 Å². The third-order valence-electron chi connectivity index (χ3n) is 4.98. The molecule has 0 bridgehead atoms. The summed E-state index contributed by atoms with van der Waals surface area (Å²) in [4.78, 5) is 12.6. The maximum atomic E-state index is 12.0. The number of benzene rings is 2. The van der Waals surface area contributed by atoms with E-state index >= 15 is 0 Å². The van der Waals surface area contributed by atoms with Crippen molar-refractivity contribution in [2.75, 3.05) is 24.2 Å². The number of rotatable bonds is 5. The maximum Gasteiger partial charge on any atom is 0.311 e. The molecule has 0 unspecified atom stereocenters. The minimum absolute atomic E-state index is 0.0221. The fourth-order valence-corrected chi connectivity index (χ4v) is 4.33. The highest BCUT2D eigenvalue weighted by molar-refractivity contribution is 7.90. The molecular weight excluding hydrogens is 380 g/mol. The van der Waals surface area contributed by atoms with E-state index in [0.29, 0.717) is 31.6 Å². The van der Waals surface area contributed by atoms with Crippen LogP contribution < -0.4 is 9.64 Å². The third-order valence-corrected chi connectivity index (χ3v) is 6.11. The number of nitro benzene ring substituents is 1. The molecule has 1 saturated heterocycles. The van der Waals surface area contributed by atoms with Gasteiger partial charge >= 0.3 is 5.69 Å². The van der Waals surface area contributed by atoms with Crippen LogP contribution in [0.3, 0.4) is 0 Å². The highest BCUT2D eigenvalue weighted by Gasteiger charge is 2.31. The topological polar surface area (TPSA) is 89.8 Å². The second-order valence-corrected chi connectivity index (χ2v) is 9.21. The Labute approximate surface area is 165 Å². The van der Waals surface area contributed by atoms with Crippen LogP contribution in [0.15, 0.2) is 41.3 Å². The molecule has 2 aromatic rings. The van der Waals surface area contributed by atoms with Crippen molar-refractivity contribution < 1.29 is 18.1 Å². The summed E-state index contributed by atoms with van der Waals surface area (Å²) in [6.45, 7) is 5.14. The summed E-state index contributed by atoms with van der Waals surface area (Å²) in [6, 6.07) is 10.5. The zero-order valence-corrected chi connectivity index (χ0v) is 17.0. The summed E-state index contributed by atoms with van der Waals surface area (Å²) in [5.74, 6) is 0.864. The largest absolute Gasteiger partial charge is 0.490 e. The number of sulfone groups is 1. The Bertz CT molecular complexity index is 996. The minimum atomic E-state index is -3.69. The van der Waals surface area contributed by atoms with Gasteiger partial charge in [0.2, 0.25) is 0 Å². The van der Waals surface area contributed by atoms with E-state index < -0.39 is 14.8 Å². The molecule has 150 valence electrons. The normalized spacial score (nSPS) is 15.5. The molecule has 8 heteroatoms. The summed E-state index contributed by atoms with van der Waals surface area (Å²) in [5, 5.41) is 11.6. The van der Waals surface area contributed by atoms with Gasteiger partial charge < -0.3 is 9.64 Å². The number of hydrogen-bond acceptors (Lipinski definition) is 6. The van der Waals surface area contributed by atoms with Crippen molar-refractivity contribution in [3.63, 3.8) is 0 Å². The van der Waals surface area contributed by atoms with E-state index in [4.69, 9.17) is 4.74 Å². The van der Waals surface area contributed by atoms with Gasteiger partial charge in [-0.25, -0.2) is 8.42 Å². The van der Waals surface area contributed by atoms with Crippen LogP contribution in [0.1, 0.15) is 24.0 Å². The molecule has 0 N–H and O–H groups in total. The monoisotopic (exact) mass is 404 g/mol. The lowest BCUT2D eigenvalue weighted by atomic mass is 10.1. The van der Waals surface area contributed by atoms with Crippen molar-refractivity contribution in [1.82, 2.24) is 0 Å². The standard InChI is InChI=1S/C20H24N2O5S/c1-14-7-8-15(2)18(13-14)27-16-9-11-21(12-10-16)17-5-4-6-19(28(3,25)26)20(17)22(23)24/h4-8,13,16H,9-12H2,1-3H3. The summed E-state index contributed by atoms with van der Waals surface area (Å²) in [7, 11) is -3.69. The molecule has 1 fully saturated rings. The summed E-state index contributed by atoms with van der Waals surface area (Å²) in [5.41, 5.74) is 2.20. The Morgan fingerprint density at radius 1 is 1.14 bits per heavy atom. The lowest BCUT2D eigenvalue weighted by Crippen LogP contribution is -2.38. The lowest BCUT2D eigenvalue weighted by molar-refractivity contribution is -0.387. The molecule has 1 aliphatic rings. The number of ether oxygens (including phenoxy) is 1. The SMILES string of the molecule is Cc1ccc(C)c(OC2CCN(c3cccc(S(C)(=O)=O)c3[N+](=O)[O-])CC2)c1. The maximum absolute atomic E-state index is 12.0. The van der Waals surface area contributed by atoms with Crippen LogP contribution in [-0.2, 0) is 9.84 Å². The van der Waals surface area contributed by atoms with Crippen LogP contribution in [0.25, 0.3) is 0 Å². The summed E-state index contributed by atoms with van der Waals surface area (Å²) < 4.78 is 30.1. The van der Waals surface area contributed by atoms with Gasteiger partial charge in [0, 0.05) is 32.2 Å². The third kappa shape index (κ3) is 4.27. The average molecular weight is 404 g/mol. The van der Waals surface area contributed by atoms with Crippen LogP contribution in [0, 0.1) is 24.0 Å². The van der Waals surface area contributed by atoms with E-state index in [1.807, 2.05) is 36.9 Å². The molecule has 1 heterocycles. The van der Waals surface area contributed by atoms with Crippen LogP contribution >= 0.6 is 0 Å². The first-order valence-corrected chi connectivity index (χ1v) is 11.0. The molecule has 0 amide bonds. The summed E-state index contributed by atoms with van der Waals surface area (Å²) in [6.07, 6.45) is 2.42. The van der Waals surface area contributed by atoms with E-state index in [9.17, 15) is 18.5 Å². The summed E-state index contributed by atoms with van der Waals surface area (Å²) >= 11 is 0. The van der Waals surface area contributed by atoms with Gasteiger partial charge in [-0.15, -0.1) is 0 Å². The van der Waals surface area contributed by atoms with Crippen molar-refractivity contribution in [2.24, 2.45) is 0 Å². The van der Waals surface area contributed by atoms with Gasteiger partial charge in [-0.2, -0.15) is 0 Å². The Hall–Kier alpha value is -2.61. The number of hydrogen-bond donors (Lipinski definition) is 0. The van der Waals surface area contributed by atoms with Gasteiger partial charge in [-0.3, -0.25) is 10.1 Å². The molecule has 0 saturated carbocycles. The highest BCUT2D eigenvalue weighted by Crippen LogP contribution is 2.36. The molecule has 3 rings (SSSR count). The minimum Gasteiger partial charge on any atom is -0.490 e. The Morgan fingerprint density at radius 2 is 1.82 bits per heavy atom. The van der Waals surface area contributed by atoms with Crippen LogP contribution in [0.4, 0.5) is 11.4 Å². The smallest absolute Gasteiger partial charge is 0.311 e. The predicted molar refractivity (Wildman–Crippen MR) is 108 cm³/mol. The molecule has 2 aromatic carbocycles. The number of piperidine rings is 1. The van der Waals surface area contributed by atoms with Crippen LogP contribution in [0.5, 0.6) is 5.75 Å². The van der Waals surface area contributed by atoms with Gasteiger partial charge in [0.05, 0.1) is 4.92 Å². The van der Waals surface area contributed by atoms with E-state index in [1.54, 1.807) is 12.1 Å². The van der Waals surface area contributed by atoms with Crippen molar-refractivity contribution >= 4 is 21.2 Å². The number of para-hydroxylation sites is 1. The molecule has 0 spiro atoms. The van der Waals surface area contributed by atoms with Gasteiger partial charge in [0.15, 0.2) is 9.84 Å². The van der Waals surface area contributed by atoms with Crippen molar-refractivity contribution in [3.8, 4) is 5.75 Å². The van der Waals surface area contributed by atoms with Crippen molar-refractivity contribution in [2.45, 2.75) is 37.7 Å². The molecule has 28 heavy (non-hydrogen) atoms. The first-order valence-electron chi connectivity index (χ1n) is 9.13. The number of nitrogens with zero attached hydrogens (tertiary/aromatic N) is 2. The molecule has 1 aliphatic heterocycles. The zero-order valence-electron chi connectivity index (χ0n) is 16.2. The number of nitro groups is 1. The quantitative estimate of drug-likeness (QED) is 0.558. The molecule has 0 radical (unpaired) electrons. The molecular formula is C20H24N2O5S. The van der Waals surface area contributed by atoms with Gasteiger partial charge in [-0.05, 0) is 43.2 Å². The Kier molecular flexibility index (Phi) is 5.60. The first-order chi connectivity index (χ1) is 13.2. The van der Waals surface area contributed by atoms with E-state index in [2.05, 4.69) is 0 Å². The first kappa shape index (κ1) is 20.1. The fraction of sp³-hybridized carbons (Fsp3) is 0.400. The lowest BCUT2D eigenvalue weighted by Gasteiger charge is -2.33. The average Bonchev–Trinajstić information content (AvgIpc) is 2.64. The van der Waals surface area contributed by atoms with Gasteiger partial charge in [0.25, 0.3) is 0 Å². The number of aryl methyl sites for hydroxylation is 2. The van der Waals surface area contributed by atoms with Crippen LogP contribution in [-0.4, -0.2) is 38.8 Å². The Balaban J connectivity index is 1.78. The predicted octanol–water partition coefficient (Wildman–Crippen LogP) is 3.66. The second kappa shape index (κ2) is 7.79. The zero-order chi connectivity index (χ0) is 20.5. The van der Waals surface area contributed by atoms with Crippen molar-refractivity contribution in [3.05, 3.63) is 57.6 Å². The van der Waals surface area contributed by atoms with Crippen molar-refractivity contribution in [1.29, 1.82) is 0 Å². The van der Waals surface area contributed by atoms with E-state index in [-0.39, 0.29) is 16.7 Å². The molecule has 0 aromatic heterocycles. The highest BCUT2D eigenvalue weighted by atomic mass is 32.2. The molecule has 0 atom stereocenters. The fourth-order valence-electron chi connectivity index (χ4n) is 3.48.